The summed E-state index contributed by atoms with van der Waals surface area (Å²) in [5.41, 5.74) is 1.88. The van der Waals surface area contributed by atoms with Crippen LogP contribution in [-0.2, 0) is 17.1 Å². The fourth-order valence-corrected chi connectivity index (χ4v) is 5.65. The van der Waals surface area contributed by atoms with Gasteiger partial charge >= 0.3 is 0 Å². The molecule has 1 aromatic carbocycles. The average Bonchev–Trinajstić information content (AvgIpc) is 3.43. The molecule has 0 unspecified atom stereocenters. The van der Waals surface area contributed by atoms with Gasteiger partial charge in [0.25, 0.3) is 5.91 Å². The zero-order chi connectivity index (χ0) is 20.6. The van der Waals surface area contributed by atoms with Crippen molar-refractivity contribution in [1.82, 2.24) is 13.9 Å². The maximum absolute atomic E-state index is 12.7. The molecule has 0 atom stereocenters. The van der Waals surface area contributed by atoms with Gasteiger partial charge in [0.15, 0.2) is 5.13 Å². The standard InChI is InChI=1S/C19H19ClN4O3S2/c1-23-11-15(29(26,27)24-8-2-3-9-24)10-17(23)18(25)22-19-21-16(12-28-19)13-4-6-14(20)7-5-13/h4-7,10-12H,2-3,8-9H2,1H3,(H,21,22,25). The summed E-state index contributed by atoms with van der Waals surface area (Å²) in [5.74, 6) is -0.410. The molecule has 0 aliphatic carbocycles. The first-order chi connectivity index (χ1) is 13.8. The maximum atomic E-state index is 12.7. The number of aryl methyl sites for hydroxylation is 1. The van der Waals surface area contributed by atoms with Crippen LogP contribution >= 0.6 is 22.9 Å². The van der Waals surface area contributed by atoms with Crippen LogP contribution in [0, 0.1) is 0 Å². The lowest BCUT2D eigenvalue weighted by Crippen LogP contribution is -2.27. The lowest BCUT2D eigenvalue weighted by Gasteiger charge is -2.13. The summed E-state index contributed by atoms with van der Waals surface area (Å²) >= 11 is 7.21. The van der Waals surface area contributed by atoms with Crippen molar-refractivity contribution in [3.63, 3.8) is 0 Å². The molecule has 29 heavy (non-hydrogen) atoms. The van der Waals surface area contributed by atoms with Gasteiger partial charge in [-0.25, -0.2) is 13.4 Å². The number of carbonyl (C=O) groups is 1. The lowest BCUT2D eigenvalue weighted by atomic mass is 10.2. The quantitative estimate of drug-likeness (QED) is 0.640. The van der Waals surface area contributed by atoms with E-state index in [-0.39, 0.29) is 10.6 Å². The Balaban J connectivity index is 1.52. The van der Waals surface area contributed by atoms with Gasteiger partial charge in [0, 0.05) is 42.3 Å². The minimum absolute atomic E-state index is 0.132. The number of carbonyl (C=O) groups excluding carboxylic acids is 1. The molecule has 0 bridgehead atoms. The Labute approximate surface area is 178 Å². The molecule has 10 heteroatoms. The minimum Gasteiger partial charge on any atom is -0.345 e. The Morgan fingerprint density at radius 2 is 1.90 bits per heavy atom. The molecule has 1 fully saturated rings. The number of sulfonamides is 1. The number of thiazole rings is 1. The molecule has 0 spiro atoms. The summed E-state index contributed by atoms with van der Waals surface area (Å²) in [7, 11) is -1.92. The molecule has 1 N–H and O–H groups in total. The molecule has 1 aliphatic rings. The molecule has 2 aromatic heterocycles. The average molecular weight is 451 g/mol. The van der Waals surface area contributed by atoms with Crippen molar-refractivity contribution >= 4 is 44.0 Å². The van der Waals surface area contributed by atoms with Gasteiger partial charge in [-0.15, -0.1) is 11.3 Å². The number of rotatable bonds is 5. The number of halogens is 1. The van der Waals surface area contributed by atoms with E-state index in [1.807, 2.05) is 17.5 Å². The van der Waals surface area contributed by atoms with E-state index < -0.39 is 15.9 Å². The highest BCUT2D eigenvalue weighted by molar-refractivity contribution is 7.89. The highest BCUT2D eigenvalue weighted by atomic mass is 35.5. The molecule has 0 saturated carbocycles. The number of nitrogens with one attached hydrogen (secondary N) is 1. The third kappa shape index (κ3) is 4.09. The third-order valence-electron chi connectivity index (χ3n) is 4.78. The summed E-state index contributed by atoms with van der Waals surface area (Å²) in [6.45, 7) is 1.04. The minimum atomic E-state index is -3.57. The van der Waals surface area contributed by atoms with Crippen molar-refractivity contribution in [2.24, 2.45) is 7.05 Å². The smallest absolute Gasteiger partial charge is 0.274 e. The molecule has 7 nitrogen and oxygen atoms in total. The van der Waals surface area contributed by atoms with E-state index in [0.717, 1.165) is 24.1 Å². The van der Waals surface area contributed by atoms with Gasteiger partial charge in [-0.1, -0.05) is 23.7 Å². The van der Waals surface area contributed by atoms with Crippen LogP contribution in [0.15, 0.2) is 46.8 Å². The molecule has 1 aliphatic heterocycles. The summed E-state index contributed by atoms with van der Waals surface area (Å²) in [6.07, 6.45) is 3.20. The van der Waals surface area contributed by atoms with E-state index in [4.69, 9.17) is 11.6 Å². The molecule has 152 valence electrons. The van der Waals surface area contributed by atoms with Crippen molar-refractivity contribution in [2.45, 2.75) is 17.7 Å². The second-order valence-electron chi connectivity index (χ2n) is 6.78. The SMILES string of the molecule is Cn1cc(S(=O)(=O)N2CCCC2)cc1C(=O)Nc1nc(-c2ccc(Cl)cc2)cs1. The predicted octanol–water partition coefficient (Wildman–Crippen LogP) is 3.84. The fraction of sp³-hybridized carbons (Fsp3) is 0.263. The topological polar surface area (TPSA) is 84.3 Å². The summed E-state index contributed by atoms with van der Waals surface area (Å²) in [6, 6.07) is 8.68. The Morgan fingerprint density at radius 3 is 2.59 bits per heavy atom. The highest BCUT2D eigenvalue weighted by Crippen LogP contribution is 2.27. The van der Waals surface area contributed by atoms with Crippen LogP contribution in [0.1, 0.15) is 23.3 Å². The Kier molecular flexibility index (Phi) is 5.48. The first kappa shape index (κ1) is 20.1. The second-order valence-corrected chi connectivity index (χ2v) is 10.0. The van der Waals surface area contributed by atoms with E-state index in [2.05, 4.69) is 10.3 Å². The molecule has 3 heterocycles. The van der Waals surface area contributed by atoms with Crippen LogP contribution in [-0.4, -0.2) is 41.3 Å². The zero-order valence-electron chi connectivity index (χ0n) is 15.6. The van der Waals surface area contributed by atoms with Gasteiger partial charge in [0.05, 0.1) is 5.69 Å². The summed E-state index contributed by atoms with van der Waals surface area (Å²) in [4.78, 5) is 17.3. The Bertz CT molecular complexity index is 1150. The number of benzene rings is 1. The van der Waals surface area contributed by atoms with E-state index in [1.165, 1.54) is 32.5 Å². The van der Waals surface area contributed by atoms with Crippen LogP contribution < -0.4 is 5.32 Å². The first-order valence-corrected chi connectivity index (χ1v) is 11.7. The van der Waals surface area contributed by atoms with Crippen molar-refractivity contribution in [3.8, 4) is 11.3 Å². The maximum Gasteiger partial charge on any atom is 0.274 e. The number of hydrogen-bond donors (Lipinski definition) is 1. The van der Waals surface area contributed by atoms with Crippen molar-refractivity contribution < 1.29 is 13.2 Å². The normalized spacial score (nSPS) is 15.0. The predicted molar refractivity (Wildman–Crippen MR) is 114 cm³/mol. The van der Waals surface area contributed by atoms with Gasteiger partial charge < -0.3 is 4.57 Å². The van der Waals surface area contributed by atoms with Crippen molar-refractivity contribution in [2.75, 3.05) is 18.4 Å². The number of amides is 1. The molecule has 0 radical (unpaired) electrons. The van der Waals surface area contributed by atoms with Crippen LogP contribution in [0.5, 0.6) is 0 Å². The molecule has 1 saturated heterocycles. The van der Waals surface area contributed by atoms with Gasteiger partial charge in [0.2, 0.25) is 10.0 Å². The summed E-state index contributed by atoms with van der Waals surface area (Å²) < 4.78 is 28.4. The monoisotopic (exact) mass is 450 g/mol. The van der Waals surface area contributed by atoms with E-state index >= 15 is 0 Å². The second kappa shape index (κ2) is 7.91. The Hall–Kier alpha value is -2.20. The first-order valence-electron chi connectivity index (χ1n) is 9.04. The number of hydrogen-bond acceptors (Lipinski definition) is 5. The van der Waals surface area contributed by atoms with Gasteiger partial charge in [-0.2, -0.15) is 4.31 Å². The van der Waals surface area contributed by atoms with Gasteiger partial charge in [0.1, 0.15) is 10.6 Å². The van der Waals surface area contributed by atoms with Gasteiger partial charge in [-0.05, 0) is 31.0 Å². The van der Waals surface area contributed by atoms with Crippen LogP contribution in [0.25, 0.3) is 11.3 Å². The fourth-order valence-electron chi connectivity index (χ4n) is 3.22. The summed E-state index contributed by atoms with van der Waals surface area (Å²) in [5, 5.41) is 5.66. The van der Waals surface area contributed by atoms with Crippen LogP contribution in [0.2, 0.25) is 5.02 Å². The largest absolute Gasteiger partial charge is 0.345 e. The molecular formula is C19H19ClN4O3S2. The van der Waals surface area contributed by atoms with Crippen LogP contribution in [0.4, 0.5) is 5.13 Å². The highest BCUT2D eigenvalue weighted by Gasteiger charge is 2.29. The molecular weight excluding hydrogens is 432 g/mol. The van der Waals surface area contributed by atoms with Crippen molar-refractivity contribution in [3.05, 3.63) is 52.6 Å². The van der Waals surface area contributed by atoms with Gasteiger partial charge in [-0.3, -0.25) is 10.1 Å². The van der Waals surface area contributed by atoms with E-state index in [1.54, 1.807) is 19.2 Å². The number of nitrogens with zero attached hydrogens (tertiary/aromatic N) is 3. The number of aromatic nitrogens is 2. The lowest BCUT2D eigenvalue weighted by molar-refractivity contribution is 0.101. The Morgan fingerprint density at radius 1 is 1.21 bits per heavy atom. The molecule has 1 amide bonds. The molecule has 3 aromatic rings. The van der Waals surface area contributed by atoms with Crippen molar-refractivity contribution in [1.29, 1.82) is 0 Å². The van der Waals surface area contributed by atoms with E-state index in [9.17, 15) is 13.2 Å². The third-order valence-corrected chi connectivity index (χ3v) is 7.65. The molecule has 4 rings (SSSR count). The van der Waals surface area contributed by atoms with Crippen LogP contribution in [0.3, 0.4) is 0 Å². The zero-order valence-corrected chi connectivity index (χ0v) is 18.0. The number of anilines is 1. The van der Waals surface area contributed by atoms with E-state index in [0.29, 0.717) is 23.2 Å².